The summed E-state index contributed by atoms with van der Waals surface area (Å²) in [6, 6.07) is 14.0. The van der Waals surface area contributed by atoms with Gasteiger partial charge in [0.1, 0.15) is 6.54 Å². The molecule has 1 aliphatic rings. The van der Waals surface area contributed by atoms with Crippen molar-refractivity contribution >= 4 is 38.4 Å². The minimum atomic E-state index is -0.504. The molecule has 1 aliphatic heterocycles. The van der Waals surface area contributed by atoms with E-state index in [1.54, 1.807) is 36.4 Å². The van der Waals surface area contributed by atoms with Gasteiger partial charge in [-0.05, 0) is 49.2 Å². The van der Waals surface area contributed by atoms with Gasteiger partial charge in [0.2, 0.25) is 5.91 Å². The van der Waals surface area contributed by atoms with Gasteiger partial charge in [0.05, 0.1) is 23.6 Å². The molecule has 8 heteroatoms. The van der Waals surface area contributed by atoms with Gasteiger partial charge in [-0.15, -0.1) is 0 Å². The van der Waals surface area contributed by atoms with Crippen molar-refractivity contribution in [3.8, 4) is 0 Å². The van der Waals surface area contributed by atoms with Gasteiger partial charge in [-0.25, -0.2) is 4.79 Å². The zero-order chi connectivity index (χ0) is 20.4. The molecule has 150 valence electrons. The quantitative estimate of drug-likeness (QED) is 0.638. The molecule has 0 spiro atoms. The van der Waals surface area contributed by atoms with Crippen molar-refractivity contribution in [2.75, 3.05) is 11.9 Å². The molecule has 1 saturated heterocycles. The van der Waals surface area contributed by atoms with Crippen LogP contribution in [-0.2, 0) is 22.6 Å². The highest BCUT2D eigenvalue weighted by Gasteiger charge is 2.21. The van der Waals surface area contributed by atoms with Crippen LogP contribution in [0.5, 0.6) is 0 Å². The van der Waals surface area contributed by atoms with Gasteiger partial charge >= 0.3 is 5.69 Å². The van der Waals surface area contributed by atoms with Crippen molar-refractivity contribution in [3.63, 3.8) is 0 Å². The van der Waals surface area contributed by atoms with Crippen LogP contribution in [0.4, 0.5) is 5.69 Å². The summed E-state index contributed by atoms with van der Waals surface area (Å²) in [7, 11) is 0. The maximum Gasteiger partial charge on any atom is 0.332 e. The molecular formula is C21H20BrN3O4. The molecule has 3 aromatic rings. The summed E-state index contributed by atoms with van der Waals surface area (Å²) in [5.74, 6) is -0.345. The molecule has 4 rings (SSSR count). The number of hydrogen-bond acceptors (Lipinski definition) is 4. The van der Waals surface area contributed by atoms with Crippen LogP contribution < -0.4 is 16.6 Å². The van der Waals surface area contributed by atoms with E-state index in [1.165, 1.54) is 9.13 Å². The Kier molecular flexibility index (Phi) is 5.64. The number of amides is 1. The number of benzene rings is 2. The summed E-state index contributed by atoms with van der Waals surface area (Å²) in [5.41, 5.74) is 0.209. The monoisotopic (exact) mass is 457 g/mol. The molecule has 1 atom stereocenters. The molecule has 0 aliphatic carbocycles. The Morgan fingerprint density at radius 1 is 1.10 bits per heavy atom. The van der Waals surface area contributed by atoms with Gasteiger partial charge < -0.3 is 10.1 Å². The van der Waals surface area contributed by atoms with E-state index >= 15 is 0 Å². The molecule has 0 saturated carbocycles. The second kappa shape index (κ2) is 8.34. The molecule has 1 amide bonds. The maximum absolute atomic E-state index is 13.1. The van der Waals surface area contributed by atoms with E-state index < -0.39 is 5.69 Å². The molecule has 29 heavy (non-hydrogen) atoms. The Morgan fingerprint density at radius 2 is 1.86 bits per heavy atom. The number of carbonyl (C=O) groups excluding carboxylic acids is 1. The van der Waals surface area contributed by atoms with Crippen LogP contribution in [-0.4, -0.2) is 27.8 Å². The lowest BCUT2D eigenvalue weighted by molar-refractivity contribution is -0.116. The number of hydrogen-bond donors (Lipinski definition) is 1. The predicted octanol–water partition coefficient (Wildman–Crippen LogP) is 2.74. The number of nitrogens with one attached hydrogen (secondary N) is 1. The Labute approximate surface area is 175 Å². The minimum Gasteiger partial charge on any atom is -0.376 e. The number of aromatic nitrogens is 2. The maximum atomic E-state index is 13.1. The number of ether oxygens (including phenoxy) is 1. The van der Waals surface area contributed by atoms with Gasteiger partial charge in [-0.2, -0.15) is 0 Å². The number of para-hydroxylation sites is 1. The van der Waals surface area contributed by atoms with Crippen molar-refractivity contribution in [3.05, 3.63) is 73.8 Å². The highest BCUT2D eigenvalue weighted by Crippen LogP contribution is 2.15. The van der Waals surface area contributed by atoms with E-state index in [9.17, 15) is 14.4 Å². The summed E-state index contributed by atoms with van der Waals surface area (Å²) in [6.45, 7) is 0.634. The molecule has 2 aromatic carbocycles. The number of rotatable bonds is 5. The van der Waals surface area contributed by atoms with Crippen LogP contribution >= 0.6 is 15.9 Å². The number of nitrogens with zero attached hydrogens (tertiary/aromatic N) is 2. The van der Waals surface area contributed by atoms with Crippen LogP contribution in [0.3, 0.4) is 0 Å². The molecule has 2 heterocycles. The fourth-order valence-corrected chi connectivity index (χ4v) is 3.82. The van der Waals surface area contributed by atoms with Gasteiger partial charge in [0, 0.05) is 16.8 Å². The fourth-order valence-electron chi connectivity index (χ4n) is 3.55. The minimum absolute atomic E-state index is 0.161. The molecule has 1 aromatic heterocycles. The third kappa shape index (κ3) is 4.18. The van der Waals surface area contributed by atoms with Crippen LogP contribution in [0.25, 0.3) is 10.9 Å². The molecule has 7 nitrogen and oxygen atoms in total. The zero-order valence-corrected chi connectivity index (χ0v) is 17.2. The lowest BCUT2D eigenvalue weighted by atomic mass is 10.2. The van der Waals surface area contributed by atoms with Crippen molar-refractivity contribution < 1.29 is 9.53 Å². The molecule has 0 unspecified atom stereocenters. The summed E-state index contributed by atoms with van der Waals surface area (Å²) in [5, 5.41) is 3.19. The van der Waals surface area contributed by atoms with Gasteiger partial charge in [-0.1, -0.05) is 28.1 Å². The Balaban J connectivity index is 1.70. The second-order valence-corrected chi connectivity index (χ2v) is 7.91. The standard InChI is InChI=1S/C21H20BrN3O4/c22-14-7-9-15(10-8-14)23-19(26)13-24-18-6-2-1-5-17(18)20(27)25(21(24)28)12-16-4-3-11-29-16/h1-2,5-10,16H,3-4,11-13H2,(H,23,26)/t16-/m1/s1. The summed E-state index contributed by atoms with van der Waals surface area (Å²) >= 11 is 3.35. The lowest BCUT2D eigenvalue weighted by Crippen LogP contribution is -2.43. The molecular weight excluding hydrogens is 438 g/mol. The first-order valence-electron chi connectivity index (χ1n) is 9.42. The number of halogens is 1. The van der Waals surface area contributed by atoms with Crippen LogP contribution in [0.1, 0.15) is 12.8 Å². The number of carbonyl (C=O) groups is 1. The lowest BCUT2D eigenvalue weighted by Gasteiger charge is -2.16. The van der Waals surface area contributed by atoms with Gasteiger partial charge in [0.25, 0.3) is 5.56 Å². The smallest absolute Gasteiger partial charge is 0.332 e. The second-order valence-electron chi connectivity index (χ2n) is 6.99. The Hall–Kier alpha value is -2.71. The van der Waals surface area contributed by atoms with E-state index in [4.69, 9.17) is 4.74 Å². The van der Waals surface area contributed by atoms with Crippen molar-refractivity contribution in [2.24, 2.45) is 0 Å². The average molecular weight is 458 g/mol. The number of anilines is 1. The van der Waals surface area contributed by atoms with Crippen LogP contribution in [0.2, 0.25) is 0 Å². The van der Waals surface area contributed by atoms with E-state index in [0.29, 0.717) is 23.2 Å². The molecule has 0 bridgehead atoms. The summed E-state index contributed by atoms with van der Waals surface area (Å²) in [4.78, 5) is 38.6. The molecule has 1 fully saturated rings. The first-order valence-corrected chi connectivity index (χ1v) is 10.2. The summed E-state index contributed by atoms with van der Waals surface area (Å²) < 4.78 is 9.03. The molecule has 1 N–H and O–H groups in total. The van der Waals surface area contributed by atoms with Gasteiger partial charge in [-0.3, -0.25) is 18.7 Å². The third-order valence-corrected chi connectivity index (χ3v) is 5.50. The van der Waals surface area contributed by atoms with Crippen molar-refractivity contribution in [1.29, 1.82) is 0 Å². The van der Waals surface area contributed by atoms with E-state index in [0.717, 1.165) is 17.3 Å². The topological polar surface area (TPSA) is 82.3 Å². The zero-order valence-electron chi connectivity index (χ0n) is 15.6. The third-order valence-electron chi connectivity index (χ3n) is 4.97. The van der Waals surface area contributed by atoms with Crippen LogP contribution in [0.15, 0.2) is 62.6 Å². The predicted molar refractivity (Wildman–Crippen MR) is 114 cm³/mol. The highest BCUT2D eigenvalue weighted by atomic mass is 79.9. The Bertz CT molecular complexity index is 1160. The SMILES string of the molecule is O=C(Cn1c(=O)n(C[C@H]2CCCO2)c(=O)c2ccccc21)Nc1ccc(Br)cc1. The van der Waals surface area contributed by atoms with Crippen molar-refractivity contribution in [1.82, 2.24) is 9.13 Å². The van der Waals surface area contributed by atoms with Crippen molar-refractivity contribution in [2.45, 2.75) is 32.0 Å². The first-order chi connectivity index (χ1) is 14.0. The first kappa shape index (κ1) is 19.6. The normalized spacial score (nSPS) is 16.2. The average Bonchev–Trinajstić information content (AvgIpc) is 3.23. The number of fused-ring (bicyclic) bond motifs is 1. The fraction of sp³-hybridized carbons (Fsp3) is 0.286. The van der Waals surface area contributed by atoms with E-state index in [1.807, 2.05) is 12.1 Å². The van der Waals surface area contributed by atoms with Crippen LogP contribution in [0, 0.1) is 0 Å². The molecule has 0 radical (unpaired) electrons. The summed E-state index contributed by atoms with van der Waals surface area (Å²) in [6.07, 6.45) is 1.56. The van der Waals surface area contributed by atoms with E-state index in [-0.39, 0.29) is 30.7 Å². The Morgan fingerprint density at radius 3 is 2.59 bits per heavy atom. The largest absolute Gasteiger partial charge is 0.376 e. The van der Waals surface area contributed by atoms with Gasteiger partial charge in [0.15, 0.2) is 0 Å². The van der Waals surface area contributed by atoms with E-state index in [2.05, 4.69) is 21.2 Å². The highest BCUT2D eigenvalue weighted by molar-refractivity contribution is 9.10.